The van der Waals surface area contributed by atoms with Gasteiger partial charge in [0.2, 0.25) is 0 Å². The van der Waals surface area contributed by atoms with Crippen molar-refractivity contribution in [3.63, 3.8) is 0 Å². The van der Waals surface area contributed by atoms with Crippen molar-refractivity contribution in [2.75, 3.05) is 5.75 Å². The molecule has 0 heterocycles. The summed E-state index contributed by atoms with van der Waals surface area (Å²) >= 11 is 5.55. The van der Waals surface area contributed by atoms with Gasteiger partial charge in [-0.3, -0.25) is 0 Å². The lowest BCUT2D eigenvalue weighted by Crippen LogP contribution is -2.35. The quantitative estimate of drug-likeness (QED) is 0.686. The molecule has 0 aliphatic heterocycles. The van der Waals surface area contributed by atoms with Gasteiger partial charge in [-0.05, 0) is 44.4 Å². The monoisotopic (exact) mass is 343 g/mol. The molecule has 0 fully saturated rings. The first-order valence-corrected chi connectivity index (χ1v) is 8.76. The lowest BCUT2D eigenvalue weighted by atomic mass is 10.1. The van der Waals surface area contributed by atoms with Gasteiger partial charge in [-0.15, -0.1) is 11.8 Å². The third kappa shape index (κ3) is 6.82. The van der Waals surface area contributed by atoms with Gasteiger partial charge in [0.1, 0.15) is 0 Å². The maximum absolute atomic E-state index is 3.58. The first-order chi connectivity index (χ1) is 8.81. The van der Waals surface area contributed by atoms with Crippen LogP contribution in [0, 0.1) is 5.92 Å². The molecule has 0 radical (unpaired) electrons. The van der Waals surface area contributed by atoms with Crippen LogP contribution >= 0.6 is 27.7 Å². The van der Waals surface area contributed by atoms with Crippen molar-refractivity contribution in [3.8, 4) is 0 Å². The second-order valence-corrected chi connectivity index (χ2v) is 8.16. The lowest BCUT2D eigenvalue weighted by Gasteiger charge is -2.22. The Morgan fingerprint density at radius 1 is 1.32 bits per heavy atom. The Bertz CT molecular complexity index is 398. The molecule has 0 saturated heterocycles. The van der Waals surface area contributed by atoms with Gasteiger partial charge in [-0.25, -0.2) is 0 Å². The summed E-state index contributed by atoms with van der Waals surface area (Å²) in [6.45, 7) is 12.1. The van der Waals surface area contributed by atoms with E-state index in [1.54, 1.807) is 0 Å². The standard InChI is InChI=1S/C16H26BrNS/c1-6-12(2)11-19-15-9-14(17)8-7-13(15)10-18-16(3,4)5/h7-9,12,18H,6,10-11H2,1-5H3. The maximum atomic E-state index is 3.58. The Morgan fingerprint density at radius 3 is 2.58 bits per heavy atom. The summed E-state index contributed by atoms with van der Waals surface area (Å²) in [5.41, 5.74) is 1.55. The Labute approximate surface area is 131 Å². The molecule has 0 saturated carbocycles. The summed E-state index contributed by atoms with van der Waals surface area (Å²) < 4.78 is 1.17. The number of thioether (sulfide) groups is 1. The van der Waals surface area contributed by atoms with E-state index in [1.807, 2.05) is 11.8 Å². The van der Waals surface area contributed by atoms with E-state index in [-0.39, 0.29) is 5.54 Å². The largest absolute Gasteiger partial charge is 0.308 e. The van der Waals surface area contributed by atoms with Crippen molar-refractivity contribution in [1.82, 2.24) is 5.32 Å². The molecule has 3 heteroatoms. The molecule has 1 aromatic rings. The highest BCUT2D eigenvalue weighted by molar-refractivity contribution is 9.10. The van der Waals surface area contributed by atoms with Crippen LogP contribution in [0.5, 0.6) is 0 Å². The topological polar surface area (TPSA) is 12.0 Å². The third-order valence-electron chi connectivity index (χ3n) is 3.06. The third-order valence-corrected chi connectivity index (χ3v) is 4.98. The molecule has 0 aliphatic rings. The minimum Gasteiger partial charge on any atom is -0.308 e. The van der Waals surface area contributed by atoms with Gasteiger partial charge in [0.05, 0.1) is 0 Å². The van der Waals surface area contributed by atoms with Crippen LogP contribution in [0.25, 0.3) is 0 Å². The number of nitrogens with one attached hydrogen (secondary N) is 1. The van der Waals surface area contributed by atoms with Crippen LogP contribution in [0.2, 0.25) is 0 Å². The lowest BCUT2D eigenvalue weighted by molar-refractivity contribution is 0.422. The van der Waals surface area contributed by atoms with Gasteiger partial charge >= 0.3 is 0 Å². The molecule has 19 heavy (non-hydrogen) atoms. The molecule has 1 atom stereocenters. The van der Waals surface area contributed by atoms with Gasteiger partial charge in [-0.2, -0.15) is 0 Å². The predicted octanol–water partition coefficient (Wildman–Crippen LogP) is 5.48. The van der Waals surface area contributed by atoms with Gasteiger partial charge in [0, 0.05) is 27.2 Å². The maximum Gasteiger partial charge on any atom is 0.0221 e. The highest BCUT2D eigenvalue weighted by atomic mass is 79.9. The fourth-order valence-corrected chi connectivity index (χ4v) is 3.27. The van der Waals surface area contributed by atoms with E-state index >= 15 is 0 Å². The Kier molecular flexibility index (Phi) is 6.92. The SMILES string of the molecule is CCC(C)CSc1cc(Br)ccc1CNC(C)(C)C. The molecule has 0 spiro atoms. The first kappa shape index (κ1) is 17.1. The van der Waals surface area contributed by atoms with Gasteiger partial charge in [0.25, 0.3) is 0 Å². The minimum atomic E-state index is 0.158. The normalized spacial score (nSPS) is 13.6. The first-order valence-electron chi connectivity index (χ1n) is 6.98. The van der Waals surface area contributed by atoms with Crippen LogP contribution in [0.15, 0.2) is 27.6 Å². The van der Waals surface area contributed by atoms with E-state index in [9.17, 15) is 0 Å². The van der Waals surface area contributed by atoms with Crippen molar-refractivity contribution in [2.45, 2.75) is 58.0 Å². The Hall–Kier alpha value is 0.01000. The molecular formula is C16H26BrNS. The Balaban J connectivity index is 2.74. The van der Waals surface area contributed by atoms with E-state index in [0.717, 1.165) is 12.5 Å². The number of hydrogen-bond acceptors (Lipinski definition) is 2. The number of benzene rings is 1. The molecule has 0 aliphatic carbocycles. The van der Waals surface area contributed by atoms with E-state index in [2.05, 4.69) is 74.1 Å². The van der Waals surface area contributed by atoms with Crippen molar-refractivity contribution >= 4 is 27.7 Å². The van der Waals surface area contributed by atoms with E-state index in [4.69, 9.17) is 0 Å². The molecule has 0 aromatic heterocycles. The molecule has 108 valence electrons. The smallest absolute Gasteiger partial charge is 0.0221 e. The fourth-order valence-electron chi connectivity index (χ4n) is 1.52. The number of hydrogen-bond donors (Lipinski definition) is 1. The van der Waals surface area contributed by atoms with E-state index < -0.39 is 0 Å². The zero-order chi connectivity index (χ0) is 14.5. The molecule has 1 nitrogen and oxygen atoms in total. The van der Waals surface area contributed by atoms with Crippen LogP contribution in [0.3, 0.4) is 0 Å². The van der Waals surface area contributed by atoms with Gasteiger partial charge in [-0.1, -0.05) is 42.3 Å². The summed E-state index contributed by atoms with van der Waals surface area (Å²) in [5.74, 6) is 1.96. The summed E-state index contributed by atoms with van der Waals surface area (Å²) in [4.78, 5) is 1.39. The molecule has 1 aromatic carbocycles. The van der Waals surface area contributed by atoms with E-state index in [1.165, 1.54) is 27.1 Å². The van der Waals surface area contributed by atoms with Gasteiger partial charge in [0.15, 0.2) is 0 Å². The zero-order valence-electron chi connectivity index (χ0n) is 12.7. The number of halogens is 1. The van der Waals surface area contributed by atoms with E-state index in [0.29, 0.717) is 0 Å². The highest BCUT2D eigenvalue weighted by Gasteiger charge is 2.11. The highest BCUT2D eigenvalue weighted by Crippen LogP contribution is 2.29. The number of rotatable bonds is 6. The van der Waals surface area contributed by atoms with Gasteiger partial charge < -0.3 is 5.32 Å². The van der Waals surface area contributed by atoms with Crippen LogP contribution in [-0.2, 0) is 6.54 Å². The molecular weight excluding hydrogens is 318 g/mol. The summed E-state index contributed by atoms with van der Waals surface area (Å²) in [6, 6.07) is 6.60. The molecule has 0 amide bonds. The fraction of sp³-hybridized carbons (Fsp3) is 0.625. The second-order valence-electron chi connectivity index (χ2n) is 6.18. The molecule has 1 unspecified atom stereocenters. The summed E-state index contributed by atoms with van der Waals surface area (Å²) in [7, 11) is 0. The van der Waals surface area contributed by atoms with Crippen molar-refractivity contribution in [1.29, 1.82) is 0 Å². The van der Waals surface area contributed by atoms with Crippen LogP contribution < -0.4 is 5.32 Å². The second kappa shape index (κ2) is 7.70. The average Bonchev–Trinajstić information content (AvgIpc) is 2.33. The van der Waals surface area contributed by atoms with Crippen LogP contribution in [0.4, 0.5) is 0 Å². The van der Waals surface area contributed by atoms with Crippen LogP contribution in [0.1, 0.15) is 46.6 Å². The zero-order valence-corrected chi connectivity index (χ0v) is 15.1. The van der Waals surface area contributed by atoms with Crippen molar-refractivity contribution < 1.29 is 0 Å². The van der Waals surface area contributed by atoms with Crippen LogP contribution in [-0.4, -0.2) is 11.3 Å². The average molecular weight is 344 g/mol. The predicted molar refractivity (Wildman–Crippen MR) is 90.9 cm³/mol. The molecule has 1 N–H and O–H groups in total. The molecule has 1 rings (SSSR count). The molecule has 0 bridgehead atoms. The Morgan fingerprint density at radius 2 is 2.00 bits per heavy atom. The van der Waals surface area contributed by atoms with Crippen molar-refractivity contribution in [2.24, 2.45) is 5.92 Å². The summed E-state index contributed by atoms with van der Waals surface area (Å²) in [5, 5.41) is 3.57. The summed E-state index contributed by atoms with van der Waals surface area (Å²) in [6.07, 6.45) is 1.25. The van der Waals surface area contributed by atoms with Crippen molar-refractivity contribution in [3.05, 3.63) is 28.2 Å². The minimum absolute atomic E-state index is 0.158.